The van der Waals surface area contributed by atoms with Crippen molar-refractivity contribution in [3.05, 3.63) is 59.5 Å². The summed E-state index contributed by atoms with van der Waals surface area (Å²) in [5.41, 5.74) is 1.99. The molecular formula is C16H15ClN4O4. The fraction of sp³-hybridized carbons (Fsp3) is 0.125. The lowest BCUT2D eigenvalue weighted by Gasteiger charge is -2.10. The Morgan fingerprint density at radius 1 is 1.20 bits per heavy atom. The molecule has 0 bridgehead atoms. The maximum Gasteiger partial charge on any atom is 0.322 e. The monoisotopic (exact) mass is 362 g/mol. The van der Waals surface area contributed by atoms with E-state index in [0.717, 1.165) is 5.56 Å². The number of hydrogen-bond donors (Lipinski definition) is 3. The third kappa shape index (κ3) is 3.86. The van der Waals surface area contributed by atoms with Gasteiger partial charge in [-0.15, -0.1) is 12.4 Å². The zero-order chi connectivity index (χ0) is 17.1. The first-order valence-electron chi connectivity index (χ1n) is 7.14. The first-order chi connectivity index (χ1) is 11.6. The second-order valence-corrected chi connectivity index (χ2v) is 5.14. The minimum absolute atomic E-state index is 0. The molecule has 3 rings (SSSR count). The molecule has 8 nitrogen and oxygen atoms in total. The topological polar surface area (TPSA) is 117 Å². The van der Waals surface area contributed by atoms with Crippen LogP contribution >= 0.6 is 12.4 Å². The molecule has 1 amide bonds. The Bertz CT molecular complexity index is 911. The summed E-state index contributed by atoms with van der Waals surface area (Å²) in [4.78, 5) is 26.8. The number of aliphatic carboxylic acids is 1. The molecule has 25 heavy (non-hydrogen) atoms. The zero-order valence-electron chi connectivity index (χ0n) is 12.9. The molecule has 0 unspecified atom stereocenters. The largest absolute Gasteiger partial charge is 0.505 e. The Kier molecular flexibility index (Phi) is 5.56. The highest BCUT2D eigenvalue weighted by Crippen LogP contribution is 2.24. The van der Waals surface area contributed by atoms with Gasteiger partial charge in [0.15, 0.2) is 11.3 Å². The number of fused-ring (bicyclic) bond motifs is 1. The fourth-order valence-electron chi connectivity index (χ4n) is 2.43. The molecule has 0 aliphatic heterocycles. The van der Waals surface area contributed by atoms with Gasteiger partial charge in [0.25, 0.3) is 5.91 Å². The van der Waals surface area contributed by atoms with Crippen LogP contribution in [-0.2, 0) is 11.2 Å². The van der Waals surface area contributed by atoms with Crippen molar-refractivity contribution in [3.63, 3.8) is 0 Å². The molecule has 0 atom stereocenters. The van der Waals surface area contributed by atoms with Crippen molar-refractivity contribution in [3.8, 4) is 5.75 Å². The molecule has 0 aliphatic carbocycles. The highest BCUT2D eigenvalue weighted by Gasteiger charge is 2.20. The van der Waals surface area contributed by atoms with Crippen molar-refractivity contribution in [2.45, 2.75) is 6.42 Å². The first kappa shape index (κ1) is 18.2. The Balaban J connectivity index is 0.00000225. The normalized spacial score (nSPS) is 10.2. The van der Waals surface area contributed by atoms with Crippen LogP contribution in [0, 0.1) is 0 Å². The first-order valence-corrected chi connectivity index (χ1v) is 7.14. The highest BCUT2D eigenvalue weighted by molar-refractivity contribution is 5.97. The van der Waals surface area contributed by atoms with E-state index in [1.165, 1.54) is 16.9 Å². The van der Waals surface area contributed by atoms with Gasteiger partial charge in [0.2, 0.25) is 0 Å². The number of amides is 1. The molecule has 0 fully saturated rings. The van der Waals surface area contributed by atoms with E-state index in [2.05, 4.69) is 15.4 Å². The predicted octanol–water partition coefficient (Wildman–Crippen LogP) is 1.26. The highest BCUT2D eigenvalue weighted by atomic mass is 35.5. The molecule has 0 saturated heterocycles. The molecule has 1 aromatic carbocycles. The summed E-state index contributed by atoms with van der Waals surface area (Å²) in [5.74, 6) is -2.21. The Morgan fingerprint density at radius 2 is 1.92 bits per heavy atom. The Hall–Kier alpha value is -3.13. The smallest absolute Gasteiger partial charge is 0.322 e. The van der Waals surface area contributed by atoms with Crippen LogP contribution in [-0.4, -0.2) is 43.2 Å². The zero-order valence-corrected chi connectivity index (χ0v) is 13.7. The van der Waals surface area contributed by atoms with Crippen LogP contribution in [0.1, 0.15) is 21.6 Å². The average molecular weight is 363 g/mol. The van der Waals surface area contributed by atoms with Crippen molar-refractivity contribution in [2.75, 3.05) is 6.54 Å². The number of nitrogens with one attached hydrogen (secondary N) is 1. The molecule has 0 aliphatic rings. The lowest BCUT2D eigenvalue weighted by Crippen LogP contribution is -2.31. The Morgan fingerprint density at radius 3 is 2.60 bits per heavy atom. The van der Waals surface area contributed by atoms with Crippen LogP contribution in [0.15, 0.2) is 42.7 Å². The van der Waals surface area contributed by atoms with E-state index in [9.17, 15) is 14.7 Å². The number of carbonyl (C=O) groups excluding carboxylic acids is 1. The molecular weight excluding hydrogens is 348 g/mol. The minimum Gasteiger partial charge on any atom is -0.505 e. The van der Waals surface area contributed by atoms with Crippen LogP contribution in [0.5, 0.6) is 5.75 Å². The number of carbonyl (C=O) groups is 2. The van der Waals surface area contributed by atoms with E-state index < -0.39 is 18.4 Å². The van der Waals surface area contributed by atoms with E-state index in [1.54, 1.807) is 0 Å². The summed E-state index contributed by atoms with van der Waals surface area (Å²) < 4.78 is 1.21. The molecule has 9 heteroatoms. The number of halogens is 1. The van der Waals surface area contributed by atoms with E-state index in [1.807, 2.05) is 30.3 Å². The number of hydrogen-bond acceptors (Lipinski definition) is 5. The van der Waals surface area contributed by atoms with Gasteiger partial charge < -0.3 is 15.5 Å². The Labute approximate surface area is 148 Å². The van der Waals surface area contributed by atoms with Crippen molar-refractivity contribution >= 4 is 29.9 Å². The molecule has 3 N–H and O–H groups in total. The quantitative estimate of drug-likeness (QED) is 0.629. The number of carboxylic acids is 1. The maximum atomic E-state index is 12.1. The molecule has 3 aromatic rings. The van der Waals surface area contributed by atoms with Gasteiger partial charge in [0, 0.05) is 12.0 Å². The lowest BCUT2D eigenvalue weighted by molar-refractivity contribution is -0.135. The molecule has 2 aromatic heterocycles. The third-order valence-corrected chi connectivity index (χ3v) is 3.45. The van der Waals surface area contributed by atoms with E-state index in [-0.39, 0.29) is 23.9 Å². The number of benzene rings is 1. The number of pyridine rings is 1. The summed E-state index contributed by atoms with van der Waals surface area (Å²) in [6, 6.07) is 11.1. The summed E-state index contributed by atoms with van der Waals surface area (Å²) >= 11 is 0. The number of rotatable bonds is 5. The average Bonchev–Trinajstić information content (AvgIpc) is 3.03. The number of carboxylic acid groups (broad SMARTS) is 1. The summed E-state index contributed by atoms with van der Waals surface area (Å²) in [6.45, 7) is -0.555. The summed E-state index contributed by atoms with van der Waals surface area (Å²) in [6.07, 6.45) is 1.78. The van der Waals surface area contributed by atoms with Gasteiger partial charge in [0.05, 0.1) is 0 Å². The summed E-state index contributed by atoms with van der Waals surface area (Å²) in [7, 11) is 0. The molecule has 130 valence electrons. The number of nitrogens with zero attached hydrogens (tertiary/aromatic N) is 3. The van der Waals surface area contributed by atoms with Crippen LogP contribution in [0.25, 0.3) is 5.65 Å². The second kappa shape index (κ2) is 7.63. The van der Waals surface area contributed by atoms with Crippen LogP contribution in [0.4, 0.5) is 0 Å². The van der Waals surface area contributed by atoms with Gasteiger partial charge in [0.1, 0.15) is 18.6 Å². The van der Waals surface area contributed by atoms with Gasteiger partial charge in [-0.05, 0) is 11.6 Å². The van der Waals surface area contributed by atoms with Gasteiger partial charge >= 0.3 is 5.97 Å². The minimum atomic E-state index is -1.18. The van der Waals surface area contributed by atoms with Gasteiger partial charge in [-0.25, -0.2) is 9.50 Å². The van der Waals surface area contributed by atoms with E-state index >= 15 is 0 Å². The van der Waals surface area contributed by atoms with Crippen LogP contribution < -0.4 is 5.32 Å². The summed E-state index contributed by atoms with van der Waals surface area (Å²) in [5, 5.41) is 25.0. The lowest BCUT2D eigenvalue weighted by atomic mass is 10.1. The number of aromatic nitrogens is 3. The maximum absolute atomic E-state index is 12.1. The van der Waals surface area contributed by atoms with E-state index in [4.69, 9.17) is 5.11 Å². The predicted molar refractivity (Wildman–Crippen MR) is 91.1 cm³/mol. The van der Waals surface area contributed by atoms with Crippen molar-refractivity contribution < 1.29 is 19.8 Å². The van der Waals surface area contributed by atoms with Gasteiger partial charge in [-0.2, -0.15) is 5.10 Å². The molecule has 2 heterocycles. The fourth-order valence-corrected chi connectivity index (χ4v) is 2.43. The standard InChI is InChI=1S/C16H14N4O4.ClH/c21-12-7-11(6-10-4-2-1-3-5-10)15-18-9-19-20(15)14(12)16(24)17-8-13(22)23;/h1-5,7,9,21H,6,8H2,(H,17,24)(H,22,23);1H. The van der Waals surface area contributed by atoms with Crippen LogP contribution in [0.3, 0.4) is 0 Å². The van der Waals surface area contributed by atoms with Crippen molar-refractivity contribution in [2.24, 2.45) is 0 Å². The molecule has 0 spiro atoms. The SMILES string of the molecule is Cl.O=C(O)CNC(=O)c1c(O)cc(Cc2ccccc2)c2ncnn12. The van der Waals surface area contributed by atoms with Gasteiger partial charge in [-0.3, -0.25) is 9.59 Å². The molecule has 0 radical (unpaired) electrons. The third-order valence-electron chi connectivity index (χ3n) is 3.45. The van der Waals surface area contributed by atoms with Crippen molar-refractivity contribution in [1.29, 1.82) is 0 Å². The molecule has 0 saturated carbocycles. The van der Waals surface area contributed by atoms with Crippen molar-refractivity contribution in [1.82, 2.24) is 19.9 Å². The van der Waals surface area contributed by atoms with Gasteiger partial charge in [-0.1, -0.05) is 30.3 Å². The number of aromatic hydroxyl groups is 1. The van der Waals surface area contributed by atoms with E-state index in [0.29, 0.717) is 17.6 Å². The second-order valence-electron chi connectivity index (χ2n) is 5.14. The van der Waals surface area contributed by atoms with Crippen LogP contribution in [0.2, 0.25) is 0 Å².